The van der Waals surface area contributed by atoms with Gasteiger partial charge >= 0.3 is 0 Å². The van der Waals surface area contributed by atoms with Gasteiger partial charge in [0.25, 0.3) is 5.56 Å². The van der Waals surface area contributed by atoms with Gasteiger partial charge in [0, 0.05) is 6.20 Å². The molecule has 3 rings (SSSR count). The third-order valence-corrected chi connectivity index (χ3v) is 3.85. The van der Waals surface area contributed by atoms with Crippen LogP contribution in [0.25, 0.3) is 16.8 Å². The van der Waals surface area contributed by atoms with Gasteiger partial charge in [-0.25, -0.2) is 4.68 Å². The number of H-pyrrole nitrogens is 1. The lowest BCUT2D eigenvalue weighted by Gasteiger charge is -2.05. The first kappa shape index (κ1) is 13.4. The van der Waals surface area contributed by atoms with E-state index < -0.39 is 0 Å². The number of aryl methyl sites for hydroxylation is 3. The minimum Gasteiger partial charge on any atom is -0.298 e. The van der Waals surface area contributed by atoms with E-state index in [1.165, 1.54) is 11.1 Å². The topological polar surface area (TPSA) is 37.8 Å². The van der Waals surface area contributed by atoms with Crippen LogP contribution in [-0.4, -0.2) is 9.78 Å². The molecule has 0 saturated heterocycles. The molecule has 0 aliphatic rings. The summed E-state index contributed by atoms with van der Waals surface area (Å²) in [5.41, 5.74) is 6.01. The molecule has 1 heterocycles. The zero-order chi connectivity index (χ0) is 15.0. The number of hydrogen-bond acceptors (Lipinski definition) is 1. The number of hydrogen-bond donors (Lipinski definition) is 1. The SMILES string of the molecule is Cc1cccc(-c2c[nH]n(-c3ccc(C)c(C)c3)c2=O)c1. The second kappa shape index (κ2) is 5.09. The lowest BCUT2D eigenvalue weighted by atomic mass is 10.1. The van der Waals surface area contributed by atoms with Crippen molar-refractivity contribution >= 4 is 0 Å². The fourth-order valence-corrected chi connectivity index (χ4v) is 2.45. The molecule has 0 unspecified atom stereocenters. The summed E-state index contributed by atoms with van der Waals surface area (Å²) in [7, 11) is 0. The van der Waals surface area contributed by atoms with Gasteiger partial charge in [0.05, 0.1) is 11.3 Å². The Kier molecular flexibility index (Phi) is 3.26. The lowest BCUT2D eigenvalue weighted by molar-refractivity contribution is 0.848. The molecular formula is C18H18N2O. The zero-order valence-electron chi connectivity index (χ0n) is 12.5. The minimum atomic E-state index is -0.0242. The maximum Gasteiger partial charge on any atom is 0.279 e. The summed E-state index contributed by atoms with van der Waals surface area (Å²) in [4.78, 5) is 12.6. The molecule has 0 saturated carbocycles. The van der Waals surface area contributed by atoms with Gasteiger partial charge in [0.2, 0.25) is 0 Å². The minimum absolute atomic E-state index is 0.0242. The second-order valence-electron chi connectivity index (χ2n) is 5.47. The van der Waals surface area contributed by atoms with Crippen molar-refractivity contribution in [2.75, 3.05) is 0 Å². The van der Waals surface area contributed by atoms with Crippen molar-refractivity contribution in [1.29, 1.82) is 0 Å². The Bertz CT molecular complexity index is 856. The van der Waals surface area contributed by atoms with E-state index in [-0.39, 0.29) is 5.56 Å². The van der Waals surface area contributed by atoms with E-state index in [0.29, 0.717) is 5.56 Å². The Hall–Kier alpha value is -2.55. The van der Waals surface area contributed by atoms with Crippen LogP contribution in [-0.2, 0) is 0 Å². The first-order valence-electron chi connectivity index (χ1n) is 7.01. The van der Waals surface area contributed by atoms with Gasteiger partial charge in [0.1, 0.15) is 0 Å². The molecule has 0 amide bonds. The van der Waals surface area contributed by atoms with E-state index in [1.807, 2.05) is 56.3 Å². The molecule has 0 aliphatic carbocycles. The molecule has 21 heavy (non-hydrogen) atoms. The standard InChI is InChI=1S/C18H18N2O/c1-12-5-4-6-15(9-12)17-11-19-20(18(17)21)16-8-7-13(2)14(3)10-16/h4-11,19H,1-3H3. The van der Waals surface area contributed by atoms with Crippen molar-refractivity contribution in [2.24, 2.45) is 0 Å². The fourth-order valence-electron chi connectivity index (χ4n) is 2.45. The summed E-state index contributed by atoms with van der Waals surface area (Å²) in [6.07, 6.45) is 1.77. The van der Waals surface area contributed by atoms with Crippen LogP contribution in [0.2, 0.25) is 0 Å². The van der Waals surface area contributed by atoms with Gasteiger partial charge in [-0.1, -0.05) is 35.9 Å². The highest BCUT2D eigenvalue weighted by molar-refractivity contribution is 5.63. The quantitative estimate of drug-likeness (QED) is 0.761. The number of benzene rings is 2. The van der Waals surface area contributed by atoms with Gasteiger partial charge in [0.15, 0.2) is 0 Å². The molecule has 3 heteroatoms. The van der Waals surface area contributed by atoms with Crippen molar-refractivity contribution < 1.29 is 0 Å². The number of rotatable bonds is 2. The van der Waals surface area contributed by atoms with Crippen LogP contribution in [0.1, 0.15) is 16.7 Å². The highest BCUT2D eigenvalue weighted by Crippen LogP contribution is 2.18. The number of nitrogens with one attached hydrogen (secondary N) is 1. The summed E-state index contributed by atoms with van der Waals surface area (Å²) in [6.45, 7) is 6.14. The van der Waals surface area contributed by atoms with Crippen LogP contribution < -0.4 is 5.56 Å². The molecule has 0 spiro atoms. The van der Waals surface area contributed by atoms with E-state index in [2.05, 4.69) is 12.0 Å². The van der Waals surface area contributed by atoms with E-state index >= 15 is 0 Å². The Morgan fingerprint density at radius 2 is 1.76 bits per heavy atom. The Morgan fingerprint density at radius 3 is 2.48 bits per heavy atom. The number of aromatic nitrogens is 2. The summed E-state index contributed by atoms with van der Waals surface area (Å²) >= 11 is 0. The molecule has 3 nitrogen and oxygen atoms in total. The molecular weight excluding hydrogens is 260 g/mol. The zero-order valence-corrected chi connectivity index (χ0v) is 12.5. The Morgan fingerprint density at radius 1 is 0.952 bits per heavy atom. The molecule has 1 N–H and O–H groups in total. The Balaban J connectivity index is 2.11. The van der Waals surface area contributed by atoms with Crippen LogP contribution in [0, 0.1) is 20.8 Å². The third-order valence-electron chi connectivity index (χ3n) is 3.85. The average Bonchev–Trinajstić information content (AvgIpc) is 2.84. The van der Waals surface area contributed by atoms with E-state index in [9.17, 15) is 4.79 Å². The van der Waals surface area contributed by atoms with E-state index in [1.54, 1.807) is 10.9 Å². The molecule has 3 aromatic rings. The number of nitrogens with zero attached hydrogens (tertiary/aromatic N) is 1. The molecule has 0 bridgehead atoms. The Labute approximate surface area is 123 Å². The van der Waals surface area contributed by atoms with Crippen LogP contribution in [0.5, 0.6) is 0 Å². The molecule has 1 aromatic heterocycles. The fraction of sp³-hybridized carbons (Fsp3) is 0.167. The highest BCUT2D eigenvalue weighted by atomic mass is 16.1. The molecule has 106 valence electrons. The van der Waals surface area contributed by atoms with Crippen molar-refractivity contribution in [3.8, 4) is 16.8 Å². The van der Waals surface area contributed by atoms with Crippen LogP contribution in [0.15, 0.2) is 53.5 Å². The third kappa shape index (κ3) is 2.42. The summed E-state index contributed by atoms with van der Waals surface area (Å²) in [5, 5.41) is 3.06. The summed E-state index contributed by atoms with van der Waals surface area (Å²) in [5.74, 6) is 0. The number of aromatic amines is 1. The average molecular weight is 278 g/mol. The predicted octanol–water partition coefficient (Wildman–Crippen LogP) is 3.76. The monoisotopic (exact) mass is 278 g/mol. The van der Waals surface area contributed by atoms with Crippen molar-refractivity contribution in [3.05, 3.63) is 75.7 Å². The second-order valence-corrected chi connectivity index (χ2v) is 5.47. The maximum atomic E-state index is 12.6. The molecule has 2 aromatic carbocycles. The molecule has 0 fully saturated rings. The van der Waals surface area contributed by atoms with Crippen molar-refractivity contribution in [3.63, 3.8) is 0 Å². The van der Waals surface area contributed by atoms with Crippen LogP contribution in [0.3, 0.4) is 0 Å². The van der Waals surface area contributed by atoms with Gasteiger partial charge in [-0.15, -0.1) is 0 Å². The first-order valence-corrected chi connectivity index (χ1v) is 7.01. The van der Waals surface area contributed by atoms with E-state index in [4.69, 9.17) is 0 Å². The molecule has 0 aliphatic heterocycles. The van der Waals surface area contributed by atoms with Gasteiger partial charge in [-0.05, 0) is 49.6 Å². The van der Waals surface area contributed by atoms with Gasteiger partial charge in [-0.3, -0.25) is 9.89 Å². The molecule has 0 atom stereocenters. The summed E-state index contributed by atoms with van der Waals surface area (Å²) < 4.78 is 1.59. The van der Waals surface area contributed by atoms with E-state index in [0.717, 1.165) is 16.8 Å². The van der Waals surface area contributed by atoms with Crippen LogP contribution >= 0.6 is 0 Å². The largest absolute Gasteiger partial charge is 0.298 e. The van der Waals surface area contributed by atoms with Gasteiger partial charge < -0.3 is 0 Å². The van der Waals surface area contributed by atoms with Crippen LogP contribution in [0.4, 0.5) is 0 Å². The van der Waals surface area contributed by atoms with Crippen molar-refractivity contribution in [1.82, 2.24) is 9.78 Å². The first-order chi connectivity index (χ1) is 10.1. The van der Waals surface area contributed by atoms with Crippen molar-refractivity contribution in [2.45, 2.75) is 20.8 Å². The predicted molar refractivity (Wildman–Crippen MR) is 86.0 cm³/mol. The lowest BCUT2D eigenvalue weighted by Crippen LogP contribution is -2.15. The maximum absolute atomic E-state index is 12.6. The normalized spacial score (nSPS) is 10.8. The highest BCUT2D eigenvalue weighted by Gasteiger charge is 2.10. The molecule has 0 radical (unpaired) electrons. The van der Waals surface area contributed by atoms with Gasteiger partial charge in [-0.2, -0.15) is 0 Å². The smallest absolute Gasteiger partial charge is 0.279 e. The summed E-state index contributed by atoms with van der Waals surface area (Å²) in [6, 6.07) is 14.0.